The van der Waals surface area contributed by atoms with Crippen LogP contribution in [0.25, 0.3) is 0 Å². The van der Waals surface area contributed by atoms with Gasteiger partial charge in [0.25, 0.3) is 0 Å². The van der Waals surface area contributed by atoms with E-state index in [-0.39, 0.29) is 5.75 Å². The van der Waals surface area contributed by atoms with Crippen LogP contribution in [0.5, 0.6) is 5.75 Å². The largest absolute Gasteiger partial charge is 0.573 e. The molecule has 1 radical (unpaired) electrons. The van der Waals surface area contributed by atoms with Gasteiger partial charge in [0.05, 0.1) is 0 Å². The lowest BCUT2D eigenvalue weighted by atomic mass is 10.1. The number of hydrogen-bond acceptors (Lipinski definition) is 2. The number of benzene rings is 2. The van der Waals surface area contributed by atoms with E-state index in [4.69, 9.17) is 0 Å². The Morgan fingerprint density at radius 2 is 1.65 bits per heavy atom. The predicted molar refractivity (Wildman–Crippen MR) is 71.4 cm³/mol. The fraction of sp³-hybridized carbons (Fsp3) is 0.133. The summed E-state index contributed by atoms with van der Waals surface area (Å²) >= 11 is 0. The number of nitrogens with one attached hydrogen (secondary N) is 1. The molecule has 0 aliphatic heterocycles. The first-order valence-corrected chi connectivity index (χ1v) is 5.93. The highest BCUT2D eigenvalue weighted by atomic mass is 19.4. The number of alkyl halides is 3. The first kappa shape index (κ1) is 14.2. The molecular formula is C15H13F3NO. The van der Waals surface area contributed by atoms with E-state index in [1.54, 1.807) is 12.1 Å². The van der Waals surface area contributed by atoms with E-state index in [2.05, 4.69) is 17.0 Å². The van der Waals surface area contributed by atoms with E-state index in [0.29, 0.717) is 6.54 Å². The molecule has 0 aromatic heterocycles. The Hall–Kier alpha value is -2.17. The summed E-state index contributed by atoms with van der Waals surface area (Å²) in [6, 6.07) is 13.3. The highest BCUT2D eigenvalue weighted by Gasteiger charge is 2.30. The van der Waals surface area contributed by atoms with Crippen LogP contribution >= 0.6 is 0 Å². The number of ether oxygens (including phenoxy) is 1. The van der Waals surface area contributed by atoms with Crippen LogP contribution in [-0.4, -0.2) is 6.36 Å². The predicted octanol–water partition coefficient (Wildman–Crippen LogP) is 4.38. The summed E-state index contributed by atoms with van der Waals surface area (Å²) in [7, 11) is 0. The van der Waals surface area contributed by atoms with Crippen molar-refractivity contribution in [3.05, 3.63) is 66.6 Å². The minimum Gasteiger partial charge on any atom is -0.406 e. The van der Waals surface area contributed by atoms with Gasteiger partial charge < -0.3 is 10.1 Å². The first-order chi connectivity index (χ1) is 9.44. The van der Waals surface area contributed by atoms with Crippen LogP contribution in [-0.2, 0) is 6.54 Å². The van der Waals surface area contributed by atoms with Crippen LogP contribution in [0.1, 0.15) is 11.1 Å². The van der Waals surface area contributed by atoms with Gasteiger partial charge in [0.1, 0.15) is 5.75 Å². The van der Waals surface area contributed by atoms with Crippen molar-refractivity contribution in [3.8, 4) is 5.75 Å². The molecule has 0 heterocycles. The lowest BCUT2D eigenvalue weighted by Gasteiger charge is -2.11. The zero-order valence-corrected chi connectivity index (χ0v) is 10.6. The summed E-state index contributed by atoms with van der Waals surface area (Å²) in [4.78, 5) is 0. The number of anilines is 1. The van der Waals surface area contributed by atoms with Crippen molar-refractivity contribution in [3.63, 3.8) is 0 Å². The molecule has 0 unspecified atom stereocenters. The van der Waals surface area contributed by atoms with Gasteiger partial charge in [-0.3, -0.25) is 0 Å². The summed E-state index contributed by atoms with van der Waals surface area (Å²) in [5.74, 6) is -0.223. The van der Waals surface area contributed by atoms with Gasteiger partial charge >= 0.3 is 6.36 Å². The molecule has 1 N–H and O–H groups in total. The lowest BCUT2D eigenvalue weighted by Crippen LogP contribution is -2.17. The van der Waals surface area contributed by atoms with Gasteiger partial charge in [0.2, 0.25) is 0 Å². The third-order valence-electron chi connectivity index (χ3n) is 2.66. The fourth-order valence-electron chi connectivity index (χ4n) is 1.70. The summed E-state index contributed by atoms with van der Waals surface area (Å²) < 4.78 is 39.9. The number of hydrogen-bond donors (Lipinski definition) is 1. The highest BCUT2D eigenvalue weighted by Crippen LogP contribution is 2.23. The second-order valence-corrected chi connectivity index (χ2v) is 4.20. The third kappa shape index (κ3) is 4.19. The Bertz CT molecular complexity index is 564. The average Bonchev–Trinajstić information content (AvgIpc) is 2.38. The third-order valence-corrected chi connectivity index (χ3v) is 2.66. The molecule has 0 amide bonds. The molecule has 0 saturated heterocycles. The summed E-state index contributed by atoms with van der Waals surface area (Å²) in [6.07, 6.45) is -4.66. The topological polar surface area (TPSA) is 21.3 Å². The van der Waals surface area contributed by atoms with Crippen molar-refractivity contribution in [1.29, 1.82) is 0 Å². The maximum atomic E-state index is 12.0. The van der Waals surface area contributed by atoms with Crippen LogP contribution in [0.15, 0.2) is 48.5 Å². The van der Waals surface area contributed by atoms with E-state index < -0.39 is 6.36 Å². The van der Waals surface area contributed by atoms with Crippen LogP contribution in [0, 0.1) is 6.92 Å². The minimum absolute atomic E-state index is 0.223. The second-order valence-electron chi connectivity index (χ2n) is 4.20. The Kier molecular flexibility index (Phi) is 4.17. The van der Waals surface area contributed by atoms with Gasteiger partial charge in [-0.05, 0) is 36.2 Å². The van der Waals surface area contributed by atoms with Gasteiger partial charge in [-0.15, -0.1) is 13.2 Å². The van der Waals surface area contributed by atoms with Crippen molar-refractivity contribution in [2.75, 3.05) is 5.32 Å². The SMILES string of the molecule is [CH2]c1ccccc1NCc1ccc(OC(F)(F)F)cc1. The van der Waals surface area contributed by atoms with Gasteiger partial charge in [0.15, 0.2) is 0 Å². The van der Waals surface area contributed by atoms with E-state index in [1.807, 2.05) is 24.3 Å². The average molecular weight is 280 g/mol. The van der Waals surface area contributed by atoms with Crippen molar-refractivity contribution >= 4 is 5.69 Å². The van der Waals surface area contributed by atoms with Crippen LogP contribution < -0.4 is 10.1 Å². The highest BCUT2D eigenvalue weighted by molar-refractivity contribution is 5.52. The Labute approximate surface area is 115 Å². The molecule has 105 valence electrons. The molecule has 20 heavy (non-hydrogen) atoms. The Balaban J connectivity index is 1.96. The van der Waals surface area contributed by atoms with Crippen molar-refractivity contribution in [2.45, 2.75) is 12.9 Å². The molecule has 2 aromatic rings. The van der Waals surface area contributed by atoms with Gasteiger partial charge in [-0.25, -0.2) is 0 Å². The molecule has 2 rings (SSSR count). The molecule has 2 nitrogen and oxygen atoms in total. The summed E-state index contributed by atoms with van der Waals surface area (Å²) in [5, 5.41) is 3.17. The van der Waals surface area contributed by atoms with Gasteiger partial charge in [0, 0.05) is 12.2 Å². The molecule has 2 aromatic carbocycles. The molecule has 0 saturated carbocycles. The summed E-state index contributed by atoms with van der Waals surface area (Å²) in [5.41, 5.74) is 2.61. The minimum atomic E-state index is -4.66. The molecule has 0 atom stereocenters. The molecule has 0 aliphatic carbocycles. The number of para-hydroxylation sites is 1. The Morgan fingerprint density at radius 1 is 1.00 bits per heavy atom. The number of halogens is 3. The standard InChI is InChI=1S/C15H13F3NO/c1-11-4-2-3-5-14(11)19-10-12-6-8-13(9-7-12)20-15(16,17)18/h2-9,19H,1,10H2. The van der Waals surface area contributed by atoms with E-state index >= 15 is 0 Å². The smallest absolute Gasteiger partial charge is 0.406 e. The second kappa shape index (κ2) is 5.86. The molecular weight excluding hydrogens is 267 g/mol. The van der Waals surface area contributed by atoms with Crippen molar-refractivity contribution < 1.29 is 17.9 Å². The maximum absolute atomic E-state index is 12.0. The zero-order chi connectivity index (χ0) is 14.6. The molecule has 0 fully saturated rings. The normalized spacial score (nSPS) is 11.2. The molecule has 0 bridgehead atoms. The quantitative estimate of drug-likeness (QED) is 0.897. The zero-order valence-electron chi connectivity index (χ0n) is 10.6. The monoisotopic (exact) mass is 280 g/mol. The maximum Gasteiger partial charge on any atom is 0.573 e. The molecule has 5 heteroatoms. The van der Waals surface area contributed by atoms with Gasteiger partial charge in [-0.2, -0.15) is 0 Å². The fourth-order valence-corrected chi connectivity index (χ4v) is 1.70. The number of rotatable bonds is 4. The van der Waals surface area contributed by atoms with Crippen LogP contribution in [0.2, 0.25) is 0 Å². The molecule has 0 spiro atoms. The summed E-state index contributed by atoms with van der Waals surface area (Å²) in [6.45, 7) is 4.38. The van der Waals surface area contributed by atoms with Crippen molar-refractivity contribution in [1.82, 2.24) is 0 Å². The van der Waals surface area contributed by atoms with Gasteiger partial charge in [-0.1, -0.05) is 30.3 Å². The first-order valence-electron chi connectivity index (χ1n) is 5.93. The Morgan fingerprint density at radius 3 is 2.25 bits per heavy atom. The molecule has 0 aliphatic rings. The van der Waals surface area contributed by atoms with E-state index in [9.17, 15) is 13.2 Å². The lowest BCUT2D eigenvalue weighted by molar-refractivity contribution is -0.274. The van der Waals surface area contributed by atoms with E-state index in [1.165, 1.54) is 12.1 Å². The van der Waals surface area contributed by atoms with Crippen LogP contribution in [0.3, 0.4) is 0 Å². The van der Waals surface area contributed by atoms with Crippen molar-refractivity contribution in [2.24, 2.45) is 0 Å². The van der Waals surface area contributed by atoms with E-state index in [0.717, 1.165) is 16.8 Å². The van der Waals surface area contributed by atoms with Crippen LogP contribution in [0.4, 0.5) is 18.9 Å².